The molecule has 0 aliphatic rings. The van der Waals surface area contributed by atoms with Crippen LogP contribution in [0.25, 0.3) is 0 Å². The minimum absolute atomic E-state index is 0.0530. The van der Waals surface area contributed by atoms with Crippen molar-refractivity contribution < 1.29 is 62.0 Å². The predicted molar refractivity (Wildman–Crippen MR) is 140 cm³/mol. The second-order valence-corrected chi connectivity index (χ2v) is 10.7. The number of hydrogen-bond donors (Lipinski definition) is 6. The first-order chi connectivity index (χ1) is 18.7. The molecule has 0 heterocycles. The van der Waals surface area contributed by atoms with Crippen LogP contribution in [0.15, 0.2) is 0 Å². The van der Waals surface area contributed by atoms with Gasteiger partial charge in [0.15, 0.2) is 0 Å². The molecule has 0 spiro atoms. The fourth-order valence-corrected chi connectivity index (χ4v) is 3.97. The summed E-state index contributed by atoms with van der Waals surface area (Å²) in [6.45, 7) is 2.03. The van der Waals surface area contributed by atoms with E-state index in [0.29, 0.717) is 32.5 Å². The molecular formula is C23H43N3O13S. The lowest BCUT2D eigenvalue weighted by atomic mass is 10.1. The van der Waals surface area contributed by atoms with Crippen LogP contribution in [0.5, 0.6) is 0 Å². The zero-order valence-electron chi connectivity index (χ0n) is 22.9. The molecular weight excluding hydrogens is 558 g/mol. The molecule has 0 rings (SSSR count). The molecule has 0 bridgehead atoms. The van der Waals surface area contributed by atoms with Crippen LogP contribution in [0.3, 0.4) is 0 Å². The van der Waals surface area contributed by atoms with E-state index >= 15 is 0 Å². The first-order valence-corrected chi connectivity index (χ1v) is 14.4. The molecule has 0 radical (unpaired) electrons. The van der Waals surface area contributed by atoms with Crippen LogP contribution in [-0.2, 0) is 38.8 Å². The topological polar surface area (TPSA) is 241 Å². The van der Waals surface area contributed by atoms with Crippen molar-refractivity contribution in [2.45, 2.75) is 57.8 Å². The monoisotopic (exact) mass is 601 g/mol. The maximum absolute atomic E-state index is 12.7. The number of rotatable bonds is 24. The highest BCUT2D eigenvalue weighted by Crippen LogP contribution is 2.08. The van der Waals surface area contributed by atoms with Gasteiger partial charge in [0.05, 0.1) is 50.3 Å². The molecule has 3 unspecified atom stereocenters. The first-order valence-electron chi connectivity index (χ1n) is 12.8. The SMILES string of the molecule is CCC(O)COCCCCOCC(O)CN(CCNC(=O)C(CCS(=O)(=O)O)N(CC(=O)O)CC(=O)O)C(C)=O. The van der Waals surface area contributed by atoms with Crippen LogP contribution < -0.4 is 5.32 Å². The average Bonchev–Trinajstić information content (AvgIpc) is 2.83. The van der Waals surface area contributed by atoms with E-state index in [0.717, 1.165) is 4.90 Å². The lowest BCUT2D eigenvalue weighted by molar-refractivity contribution is -0.144. The lowest BCUT2D eigenvalue weighted by Crippen LogP contribution is -2.52. The van der Waals surface area contributed by atoms with Gasteiger partial charge in [0.25, 0.3) is 10.1 Å². The number of aliphatic hydroxyl groups is 2. The number of carbonyl (C=O) groups is 4. The molecule has 6 N–H and O–H groups in total. The van der Waals surface area contributed by atoms with Gasteiger partial charge in [-0.2, -0.15) is 8.42 Å². The number of carboxylic acid groups (broad SMARTS) is 2. The van der Waals surface area contributed by atoms with Crippen molar-refractivity contribution in [2.75, 3.05) is 64.9 Å². The fourth-order valence-electron chi connectivity index (χ4n) is 3.44. The summed E-state index contributed by atoms with van der Waals surface area (Å²) in [7, 11) is -4.53. The number of nitrogens with zero attached hydrogens (tertiary/aromatic N) is 2. The van der Waals surface area contributed by atoms with E-state index < -0.39 is 77.4 Å². The Kier molecular flexibility index (Phi) is 19.2. The summed E-state index contributed by atoms with van der Waals surface area (Å²) in [5, 5.41) is 40.2. The largest absolute Gasteiger partial charge is 0.480 e. The lowest BCUT2D eigenvalue weighted by Gasteiger charge is -2.29. The van der Waals surface area contributed by atoms with Crippen LogP contribution >= 0.6 is 0 Å². The standard InChI is InChI=1S/C23H43N3O13S/c1-3-18(28)15-38-9-4-5-10-39-16-19(29)12-25(17(2)27)8-7-24-23(34)20(6-11-40(35,36)37)26(13-21(30)31)14-22(32)33/h18-20,28-29H,3-16H2,1-2H3,(H,24,34)(H,30,31)(H,32,33)(H,35,36,37). The van der Waals surface area contributed by atoms with Gasteiger partial charge in [-0.05, 0) is 25.7 Å². The van der Waals surface area contributed by atoms with Crippen molar-refractivity contribution in [2.24, 2.45) is 0 Å². The van der Waals surface area contributed by atoms with E-state index in [4.69, 9.17) is 24.2 Å². The summed E-state index contributed by atoms with van der Waals surface area (Å²) in [5.74, 6) is -5.13. The summed E-state index contributed by atoms with van der Waals surface area (Å²) < 4.78 is 42.1. The molecule has 0 aliphatic heterocycles. The molecule has 3 atom stereocenters. The van der Waals surface area contributed by atoms with Crippen LogP contribution in [0, 0.1) is 0 Å². The van der Waals surface area contributed by atoms with Gasteiger partial charge in [-0.1, -0.05) is 6.92 Å². The van der Waals surface area contributed by atoms with Crippen molar-refractivity contribution in [1.82, 2.24) is 15.1 Å². The Balaban J connectivity index is 4.78. The molecule has 2 amide bonds. The minimum Gasteiger partial charge on any atom is -0.480 e. The quantitative estimate of drug-likeness (QED) is 0.0519. The summed E-state index contributed by atoms with van der Waals surface area (Å²) in [6.07, 6.45) is -0.117. The summed E-state index contributed by atoms with van der Waals surface area (Å²) >= 11 is 0. The molecule has 0 fully saturated rings. The molecule has 17 heteroatoms. The number of aliphatic carboxylic acids is 2. The number of carboxylic acids is 2. The summed E-state index contributed by atoms with van der Waals surface area (Å²) in [4.78, 5) is 49.0. The van der Waals surface area contributed by atoms with E-state index in [1.54, 1.807) is 0 Å². The molecule has 40 heavy (non-hydrogen) atoms. The highest BCUT2D eigenvalue weighted by Gasteiger charge is 2.30. The van der Waals surface area contributed by atoms with Crippen LogP contribution in [0.2, 0.25) is 0 Å². The third-order valence-electron chi connectivity index (χ3n) is 5.55. The number of nitrogens with one attached hydrogen (secondary N) is 1. The molecule has 0 aromatic rings. The summed E-state index contributed by atoms with van der Waals surface area (Å²) in [5.41, 5.74) is 0. The second kappa shape index (κ2) is 20.5. The van der Waals surface area contributed by atoms with Crippen LogP contribution in [-0.4, -0.2) is 150 Å². The molecule has 234 valence electrons. The van der Waals surface area contributed by atoms with Gasteiger partial charge in [0, 0.05) is 39.8 Å². The Bertz CT molecular complexity index is 871. The van der Waals surface area contributed by atoms with Crippen molar-refractivity contribution >= 4 is 33.9 Å². The van der Waals surface area contributed by atoms with E-state index in [9.17, 15) is 37.8 Å². The highest BCUT2D eigenvalue weighted by atomic mass is 32.2. The van der Waals surface area contributed by atoms with Gasteiger partial charge >= 0.3 is 11.9 Å². The van der Waals surface area contributed by atoms with E-state index in [1.807, 2.05) is 6.92 Å². The fraction of sp³-hybridized carbons (Fsp3) is 0.826. The first kappa shape index (κ1) is 37.6. The van der Waals surface area contributed by atoms with Gasteiger partial charge in [-0.25, -0.2) is 0 Å². The molecule has 0 saturated heterocycles. The van der Waals surface area contributed by atoms with Gasteiger partial charge < -0.3 is 40.1 Å². The van der Waals surface area contributed by atoms with Crippen molar-refractivity contribution in [3.8, 4) is 0 Å². The zero-order chi connectivity index (χ0) is 30.7. The Morgan fingerprint density at radius 1 is 0.925 bits per heavy atom. The maximum atomic E-state index is 12.7. The smallest absolute Gasteiger partial charge is 0.317 e. The maximum Gasteiger partial charge on any atom is 0.317 e. The number of hydrogen-bond acceptors (Lipinski definition) is 11. The third-order valence-corrected chi connectivity index (χ3v) is 6.30. The third kappa shape index (κ3) is 19.6. The molecule has 0 aliphatic carbocycles. The van der Waals surface area contributed by atoms with Crippen LogP contribution in [0.1, 0.15) is 39.5 Å². The van der Waals surface area contributed by atoms with Crippen molar-refractivity contribution in [3.05, 3.63) is 0 Å². The normalized spacial score (nSPS) is 13.9. The summed E-state index contributed by atoms with van der Waals surface area (Å²) in [6, 6.07) is -1.51. The Labute approximate surface area is 234 Å². The molecule has 0 aromatic carbocycles. The van der Waals surface area contributed by atoms with Gasteiger partial charge in [0.1, 0.15) is 0 Å². The Hall–Kier alpha value is -2.41. The van der Waals surface area contributed by atoms with Crippen molar-refractivity contribution in [1.29, 1.82) is 0 Å². The minimum atomic E-state index is -4.53. The van der Waals surface area contributed by atoms with E-state index in [-0.39, 0.29) is 32.8 Å². The van der Waals surface area contributed by atoms with E-state index in [1.165, 1.54) is 11.8 Å². The highest BCUT2D eigenvalue weighted by molar-refractivity contribution is 7.85. The molecule has 16 nitrogen and oxygen atoms in total. The molecule has 0 aromatic heterocycles. The Morgan fingerprint density at radius 2 is 1.45 bits per heavy atom. The zero-order valence-corrected chi connectivity index (χ0v) is 23.8. The van der Waals surface area contributed by atoms with Gasteiger partial charge in [-0.3, -0.25) is 28.6 Å². The van der Waals surface area contributed by atoms with Crippen LogP contribution in [0.4, 0.5) is 0 Å². The van der Waals surface area contributed by atoms with Gasteiger partial charge in [-0.15, -0.1) is 0 Å². The number of carbonyl (C=O) groups excluding carboxylic acids is 2. The number of aliphatic hydroxyl groups excluding tert-OH is 2. The van der Waals surface area contributed by atoms with Crippen molar-refractivity contribution in [3.63, 3.8) is 0 Å². The Morgan fingerprint density at radius 3 is 1.90 bits per heavy atom. The predicted octanol–water partition coefficient (Wildman–Crippen LogP) is -1.99. The number of ether oxygens (including phenoxy) is 2. The number of unbranched alkanes of at least 4 members (excludes halogenated alkanes) is 1. The molecule has 0 saturated carbocycles. The number of amides is 2. The van der Waals surface area contributed by atoms with E-state index in [2.05, 4.69) is 5.32 Å². The van der Waals surface area contributed by atoms with Gasteiger partial charge in [0.2, 0.25) is 11.8 Å². The second-order valence-electron chi connectivity index (χ2n) is 9.11. The average molecular weight is 602 g/mol.